The molecule has 8 nitrogen and oxygen atoms in total. The summed E-state index contributed by atoms with van der Waals surface area (Å²) in [6, 6.07) is 2.66. The molecule has 0 spiro atoms. The molecule has 28 heavy (non-hydrogen) atoms. The van der Waals surface area contributed by atoms with E-state index in [1.807, 2.05) is 6.92 Å². The molecule has 0 saturated heterocycles. The molecule has 3 aromatic rings. The second-order valence-corrected chi connectivity index (χ2v) is 6.62. The van der Waals surface area contributed by atoms with Gasteiger partial charge in [-0.3, -0.25) is 4.79 Å². The molecule has 0 saturated carbocycles. The third-order valence-corrected chi connectivity index (χ3v) is 5.01. The lowest BCUT2D eigenvalue weighted by atomic mass is 10.1. The molecule has 0 radical (unpaired) electrons. The Labute approximate surface area is 162 Å². The number of fused-ring (bicyclic) bond motifs is 1. The highest BCUT2D eigenvalue weighted by molar-refractivity contribution is 7.13. The van der Waals surface area contributed by atoms with E-state index in [9.17, 15) is 14.0 Å². The number of carbonyl (C=O) groups is 1. The molecule has 2 aromatic heterocycles. The van der Waals surface area contributed by atoms with Gasteiger partial charge in [-0.1, -0.05) is 5.11 Å². The van der Waals surface area contributed by atoms with Crippen LogP contribution in [0.3, 0.4) is 0 Å². The SMILES string of the molecule is CCOC(=O)c1cn(CC)c2cc(-c3nc(CN=[N+]=[N-])cs3)c(F)cc2c1=O. The minimum Gasteiger partial charge on any atom is -0.462 e. The highest BCUT2D eigenvalue weighted by Gasteiger charge is 2.19. The van der Waals surface area contributed by atoms with Crippen molar-refractivity contribution in [1.29, 1.82) is 0 Å². The van der Waals surface area contributed by atoms with E-state index in [1.54, 1.807) is 22.9 Å². The Hall–Kier alpha value is -3.23. The Bertz CT molecular complexity index is 1160. The predicted octanol–water partition coefficient (Wildman–Crippen LogP) is 4.27. The van der Waals surface area contributed by atoms with Crippen LogP contribution in [0.5, 0.6) is 0 Å². The number of ether oxygens (including phenoxy) is 1. The summed E-state index contributed by atoms with van der Waals surface area (Å²) in [6.07, 6.45) is 1.43. The Balaban J connectivity index is 2.18. The van der Waals surface area contributed by atoms with Crippen LogP contribution in [-0.2, 0) is 17.8 Å². The summed E-state index contributed by atoms with van der Waals surface area (Å²) in [5.74, 6) is -1.36. The molecule has 0 amide bonds. The zero-order valence-electron chi connectivity index (χ0n) is 15.2. The van der Waals surface area contributed by atoms with E-state index in [-0.39, 0.29) is 29.7 Å². The first kappa shape index (κ1) is 19.5. The molecule has 0 N–H and O–H groups in total. The summed E-state index contributed by atoms with van der Waals surface area (Å²) in [5.41, 5.74) is 8.95. The van der Waals surface area contributed by atoms with Gasteiger partial charge in [0.1, 0.15) is 16.4 Å². The van der Waals surface area contributed by atoms with Gasteiger partial charge in [-0.25, -0.2) is 14.2 Å². The van der Waals surface area contributed by atoms with Gasteiger partial charge in [0.2, 0.25) is 5.43 Å². The number of azide groups is 1. The van der Waals surface area contributed by atoms with Crippen molar-refractivity contribution in [3.63, 3.8) is 0 Å². The number of hydrogen-bond acceptors (Lipinski definition) is 6. The Kier molecular flexibility index (Phi) is 5.72. The van der Waals surface area contributed by atoms with Crippen molar-refractivity contribution in [3.05, 3.63) is 61.5 Å². The van der Waals surface area contributed by atoms with Gasteiger partial charge in [0.05, 0.1) is 24.4 Å². The molecule has 2 heterocycles. The number of halogens is 1. The third-order valence-electron chi connectivity index (χ3n) is 4.08. The first-order chi connectivity index (χ1) is 13.5. The van der Waals surface area contributed by atoms with E-state index in [0.29, 0.717) is 22.8 Å². The maximum absolute atomic E-state index is 14.8. The van der Waals surface area contributed by atoms with Gasteiger partial charge in [0, 0.05) is 34.0 Å². The molecule has 0 aliphatic heterocycles. The Morgan fingerprint density at radius 1 is 1.43 bits per heavy atom. The number of benzene rings is 1. The van der Waals surface area contributed by atoms with Gasteiger partial charge in [-0.2, -0.15) is 0 Å². The number of nitrogens with zero attached hydrogens (tertiary/aromatic N) is 5. The number of aromatic nitrogens is 2. The molecule has 0 fully saturated rings. The lowest BCUT2D eigenvalue weighted by Crippen LogP contribution is -2.21. The Morgan fingerprint density at radius 2 is 2.21 bits per heavy atom. The van der Waals surface area contributed by atoms with Crippen LogP contribution in [0.4, 0.5) is 4.39 Å². The topological polar surface area (TPSA) is 110 Å². The average molecular weight is 401 g/mol. The van der Waals surface area contributed by atoms with E-state index in [0.717, 1.165) is 6.07 Å². The highest BCUT2D eigenvalue weighted by Crippen LogP contribution is 2.30. The van der Waals surface area contributed by atoms with Crippen molar-refractivity contribution in [1.82, 2.24) is 9.55 Å². The predicted molar refractivity (Wildman–Crippen MR) is 104 cm³/mol. The fourth-order valence-electron chi connectivity index (χ4n) is 2.80. The van der Waals surface area contributed by atoms with Crippen LogP contribution >= 0.6 is 11.3 Å². The van der Waals surface area contributed by atoms with E-state index in [1.165, 1.54) is 17.5 Å². The lowest BCUT2D eigenvalue weighted by Gasteiger charge is -2.12. The summed E-state index contributed by atoms with van der Waals surface area (Å²) in [6.45, 7) is 4.17. The zero-order chi connectivity index (χ0) is 20.3. The number of thiazole rings is 1. The molecule has 0 unspecified atom stereocenters. The number of hydrogen-bond donors (Lipinski definition) is 0. The van der Waals surface area contributed by atoms with Crippen molar-refractivity contribution in [2.24, 2.45) is 5.11 Å². The van der Waals surface area contributed by atoms with E-state index < -0.39 is 17.2 Å². The molecule has 144 valence electrons. The summed E-state index contributed by atoms with van der Waals surface area (Å²) in [7, 11) is 0. The van der Waals surface area contributed by atoms with E-state index in [4.69, 9.17) is 10.3 Å². The van der Waals surface area contributed by atoms with Crippen LogP contribution in [0.1, 0.15) is 29.9 Å². The fraction of sp³-hybridized carbons (Fsp3) is 0.278. The molecule has 0 bridgehead atoms. The molecular weight excluding hydrogens is 385 g/mol. The van der Waals surface area contributed by atoms with Crippen molar-refractivity contribution in [3.8, 4) is 10.6 Å². The monoisotopic (exact) mass is 401 g/mol. The number of rotatable bonds is 6. The van der Waals surface area contributed by atoms with Crippen LogP contribution < -0.4 is 5.43 Å². The first-order valence-corrected chi connectivity index (χ1v) is 9.37. The summed E-state index contributed by atoms with van der Waals surface area (Å²) < 4.78 is 21.4. The molecule has 0 atom stereocenters. The minimum atomic E-state index is -0.733. The summed E-state index contributed by atoms with van der Waals surface area (Å²) in [5, 5.41) is 5.63. The third kappa shape index (κ3) is 3.60. The van der Waals surface area contributed by atoms with E-state index in [2.05, 4.69) is 15.0 Å². The smallest absolute Gasteiger partial charge is 0.343 e. The molecule has 3 rings (SSSR count). The van der Waals surface area contributed by atoms with Gasteiger partial charge in [-0.15, -0.1) is 11.3 Å². The average Bonchev–Trinajstić information content (AvgIpc) is 3.15. The van der Waals surface area contributed by atoms with Gasteiger partial charge in [0.15, 0.2) is 0 Å². The molecular formula is C18H16FN5O3S. The second-order valence-electron chi connectivity index (χ2n) is 5.76. The zero-order valence-corrected chi connectivity index (χ0v) is 16.0. The maximum atomic E-state index is 14.8. The van der Waals surface area contributed by atoms with Crippen molar-refractivity contribution in [2.45, 2.75) is 26.9 Å². The lowest BCUT2D eigenvalue weighted by molar-refractivity contribution is 0.0524. The number of pyridine rings is 1. The van der Waals surface area contributed by atoms with Crippen LogP contribution in [0.15, 0.2) is 33.6 Å². The number of esters is 1. The maximum Gasteiger partial charge on any atom is 0.343 e. The molecule has 10 heteroatoms. The van der Waals surface area contributed by atoms with Crippen LogP contribution in [0.25, 0.3) is 31.9 Å². The molecule has 1 aromatic carbocycles. The fourth-order valence-corrected chi connectivity index (χ4v) is 3.63. The van der Waals surface area contributed by atoms with Crippen LogP contribution in [-0.4, -0.2) is 22.1 Å². The number of aryl methyl sites for hydroxylation is 1. The molecule has 0 aliphatic carbocycles. The van der Waals surface area contributed by atoms with Gasteiger partial charge >= 0.3 is 5.97 Å². The summed E-state index contributed by atoms with van der Waals surface area (Å²) in [4.78, 5) is 31.7. The minimum absolute atomic E-state index is 0.0742. The summed E-state index contributed by atoms with van der Waals surface area (Å²) >= 11 is 1.21. The standard InChI is InChI=1S/C18H16FN5O3S/c1-3-24-8-13(18(26)27-4-2)16(25)12-5-14(19)11(6-15(12)24)17-22-10(9-28-17)7-21-23-20/h5-6,8-9H,3-4,7H2,1-2H3. The van der Waals surface area contributed by atoms with Gasteiger partial charge in [0.25, 0.3) is 0 Å². The first-order valence-electron chi connectivity index (χ1n) is 8.49. The quantitative estimate of drug-likeness (QED) is 0.266. The normalized spacial score (nSPS) is 10.7. The highest BCUT2D eigenvalue weighted by atomic mass is 32.1. The largest absolute Gasteiger partial charge is 0.462 e. The number of carbonyl (C=O) groups excluding carboxylic acids is 1. The van der Waals surface area contributed by atoms with Gasteiger partial charge < -0.3 is 9.30 Å². The Morgan fingerprint density at radius 3 is 2.89 bits per heavy atom. The van der Waals surface area contributed by atoms with Crippen molar-refractivity contribution >= 4 is 28.2 Å². The van der Waals surface area contributed by atoms with Crippen LogP contribution in [0, 0.1) is 5.82 Å². The van der Waals surface area contributed by atoms with E-state index >= 15 is 0 Å². The second kappa shape index (κ2) is 8.20. The van der Waals surface area contributed by atoms with Crippen molar-refractivity contribution < 1.29 is 13.9 Å². The van der Waals surface area contributed by atoms with Gasteiger partial charge in [-0.05, 0) is 31.5 Å². The molecule has 0 aliphatic rings. The van der Waals surface area contributed by atoms with Crippen LogP contribution in [0.2, 0.25) is 0 Å². The van der Waals surface area contributed by atoms with Crippen molar-refractivity contribution in [2.75, 3.05) is 6.61 Å².